The predicted molar refractivity (Wildman–Crippen MR) is 83.1 cm³/mol. The van der Waals surface area contributed by atoms with Crippen molar-refractivity contribution in [2.24, 2.45) is 0 Å². The third-order valence-electron chi connectivity index (χ3n) is 3.50. The minimum absolute atomic E-state index is 0.230. The molecule has 1 N–H and O–H groups in total. The first-order valence-corrected chi connectivity index (χ1v) is 7.56. The van der Waals surface area contributed by atoms with E-state index in [0.29, 0.717) is 0 Å². The summed E-state index contributed by atoms with van der Waals surface area (Å²) in [4.78, 5) is 0. The molecule has 3 heteroatoms. The summed E-state index contributed by atoms with van der Waals surface area (Å²) in [5.41, 5.74) is 2.19. The van der Waals surface area contributed by atoms with Crippen molar-refractivity contribution in [3.63, 3.8) is 0 Å². The highest BCUT2D eigenvalue weighted by Crippen LogP contribution is 2.27. The molecule has 0 saturated carbocycles. The quantitative estimate of drug-likeness (QED) is 0.733. The monoisotopic (exact) mass is 275 g/mol. The summed E-state index contributed by atoms with van der Waals surface area (Å²) < 4.78 is 11.6. The van der Waals surface area contributed by atoms with Crippen LogP contribution in [-0.4, -0.2) is 19.8 Å². The van der Waals surface area contributed by atoms with Crippen LogP contribution in [0.1, 0.15) is 44.1 Å². The van der Waals surface area contributed by atoms with E-state index in [1.54, 1.807) is 0 Å². The van der Waals surface area contributed by atoms with Gasteiger partial charge in [0.2, 0.25) is 0 Å². The summed E-state index contributed by atoms with van der Waals surface area (Å²) in [6.07, 6.45) is 2.05. The van der Waals surface area contributed by atoms with Crippen LogP contribution in [0.2, 0.25) is 0 Å². The van der Waals surface area contributed by atoms with Crippen LogP contribution in [0.5, 0.6) is 0 Å². The Bertz CT molecular complexity index is 533. The molecule has 1 atom stereocenters. The van der Waals surface area contributed by atoms with E-state index in [0.717, 1.165) is 43.9 Å². The van der Waals surface area contributed by atoms with Crippen molar-refractivity contribution in [2.75, 3.05) is 19.8 Å². The molecule has 1 aromatic heterocycles. The first-order chi connectivity index (χ1) is 9.76. The number of hydrogen-bond donors (Lipinski definition) is 1. The van der Waals surface area contributed by atoms with Gasteiger partial charge in [0.25, 0.3) is 0 Å². The fraction of sp³-hybridized carbons (Fsp3) is 0.529. The van der Waals surface area contributed by atoms with Crippen molar-refractivity contribution in [3.8, 4) is 0 Å². The van der Waals surface area contributed by atoms with Crippen LogP contribution in [0.15, 0.2) is 28.7 Å². The zero-order valence-electron chi connectivity index (χ0n) is 12.7. The molecule has 1 aromatic carbocycles. The van der Waals surface area contributed by atoms with Crippen LogP contribution in [0.4, 0.5) is 0 Å². The lowest BCUT2D eigenvalue weighted by Gasteiger charge is -2.16. The first-order valence-electron chi connectivity index (χ1n) is 7.56. The Kier molecular flexibility index (Phi) is 5.62. The molecule has 0 aliphatic carbocycles. The fourth-order valence-electron chi connectivity index (χ4n) is 2.41. The molecule has 3 nitrogen and oxygen atoms in total. The highest BCUT2D eigenvalue weighted by atomic mass is 16.5. The van der Waals surface area contributed by atoms with Gasteiger partial charge in [0.05, 0.1) is 6.04 Å². The van der Waals surface area contributed by atoms with Crippen molar-refractivity contribution < 1.29 is 9.15 Å². The van der Waals surface area contributed by atoms with Crippen molar-refractivity contribution >= 4 is 11.0 Å². The van der Waals surface area contributed by atoms with Crippen LogP contribution in [-0.2, 0) is 4.74 Å². The number of ether oxygens (including phenoxy) is 1. The largest absolute Gasteiger partial charge is 0.459 e. The van der Waals surface area contributed by atoms with E-state index >= 15 is 0 Å². The topological polar surface area (TPSA) is 34.4 Å². The van der Waals surface area contributed by atoms with E-state index in [1.807, 2.05) is 6.92 Å². The molecule has 0 aliphatic heterocycles. The second kappa shape index (κ2) is 7.46. The zero-order valence-corrected chi connectivity index (χ0v) is 12.7. The standard InChI is InChI=1S/C17H25NO2/c1-4-10-18-15(9-11-19-5-2)16-12-14-8-6-7-13(3)17(14)20-16/h6-8,12,15,18H,4-5,9-11H2,1-3H3. The summed E-state index contributed by atoms with van der Waals surface area (Å²) in [6.45, 7) is 8.80. The highest BCUT2D eigenvalue weighted by molar-refractivity contribution is 5.80. The Morgan fingerprint density at radius 2 is 2.15 bits per heavy atom. The minimum Gasteiger partial charge on any atom is -0.459 e. The van der Waals surface area contributed by atoms with Gasteiger partial charge in [-0.25, -0.2) is 0 Å². The summed E-state index contributed by atoms with van der Waals surface area (Å²) in [6, 6.07) is 8.65. The Morgan fingerprint density at radius 3 is 2.85 bits per heavy atom. The Morgan fingerprint density at radius 1 is 1.30 bits per heavy atom. The molecule has 0 saturated heterocycles. The molecule has 0 aliphatic rings. The van der Waals surface area contributed by atoms with Gasteiger partial charge in [0.15, 0.2) is 0 Å². The van der Waals surface area contributed by atoms with Gasteiger partial charge in [-0.05, 0) is 44.9 Å². The molecule has 1 unspecified atom stereocenters. The third-order valence-corrected chi connectivity index (χ3v) is 3.50. The van der Waals surface area contributed by atoms with Crippen molar-refractivity contribution in [3.05, 3.63) is 35.6 Å². The van der Waals surface area contributed by atoms with E-state index in [4.69, 9.17) is 9.15 Å². The summed E-state index contributed by atoms with van der Waals surface area (Å²) in [5.74, 6) is 1.02. The predicted octanol–water partition coefficient (Wildman–Crippen LogP) is 4.21. The smallest absolute Gasteiger partial charge is 0.137 e. The number of hydrogen-bond acceptors (Lipinski definition) is 3. The lowest BCUT2D eigenvalue weighted by Crippen LogP contribution is -2.23. The third kappa shape index (κ3) is 3.62. The van der Waals surface area contributed by atoms with Gasteiger partial charge in [-0.2, -0.15) is 0 Å². The first kappa shape index (κ1) is 15.1. The molecule has 1 heterocycles. The molecule has 110 valence electrons. The number of fused-ring (bicyclic) bond motifs is 1. The maximum atomic E-state index is 6.07. The van der Waals surface area contributed by atoms with E-state index in [1.165, 1.54) is 10.9 Å². The molecular weight excluding hydrogens is 250 g/mol. The normalized spacial score (nSPS) is 12.9. The van der Waals surface area contributed by atoms with Crippen LogP contribution in [0, 0.1) is 6.92 Å². The van der Waals surface area contributed by atoms with Crippen LogP contribution < -0.4 is 5.32 Å². The number of aryl methyl sites for hydroxylation is 1. The van der Waals surface area contributed by atoms with Gasteiger partial charge in [0.1, 0.15) is 11.3 Å². The van der Waals surface area contributed by atoms with E-state index in [2.05, 4.69) is 43.4 Å². The van der Waals surface area contributed by atoms with E-state index in [-0.39, 0.29) is 6.04 Å². The molecule has 0 amide bonds. The van der Waals surface area contributed by atoms with Crippen LogP contribution in [0.3, 0.4) is 0 Å². The number of rotatable bonds is 8. The number of nitrogens with one attached hydrogen (secondary N) is 1. The lowest BCUT2D eigenvalue weighted by molar-refractivity contribution is 0.134. The summed E-state index contributed by atoms with van der Waals surface area (Å²) in [7, 11) is 0. The SMILES string of the molecule is CCCNC(CCOCC)c1cc2cccc(C)c2o1. The summed E-state index contributed by atoms with van der Waals surface area (Å²) >= 11 is 0. The average molecular weight is 275 g/mol. The van der Waals surface area contributed by atoms with Gasteiger partial charge in [0, 0.05) is 18.6 Å². The van der Waals surface area contributed by atoms with E-state index < -0.39 is 0 Å². The van der Waals surface area contributed by atoms with Gasteiger partial charge in [-0.15, -0.1) is 0 Å². The number of furan rings is 1. The highest BCUT2D eigenvalue weighted by Gasteiger charge is 2.16. The molecule has 0 radical (unpaired) electrons. The molecule has 0 fully saturated rings. The van der Waals surface area contributed by atoms with Gasteiger partial charge >= 0.3 is 0 Å². The maximum Gasteiger partial charge on any atom is 0.137 e. The van der Waals surface area contributed by atoms with Crippen LogP contribution >= 0.6 is 0 Å². The van der Waals surface area contributed by atoms with Gasteiger partial charge in [-0.1, -0.05) is 25.1 Å². The Labute approximate surface area is 121 Å². The molecule has 20 heavy (non-hydrogen) atoms. The molecular formula is C17H25NO2. The summed E-state index contributed by atoms with van der Waals surface area (Å²) in [5, 5.41) is 4.73. The second-order valence-corrected chi connectivity index (χ2v) is 5.13. The molecule has 2 rings (SSSR count). The number of benzene rings is 1. The molecule has 2 aromatic rings. The Hall–Kier alpha value is -1.32. The van der Waals surface area contributed by atoms with Gasteiger partial charge in [-0.3, -0.25) is 0 Å². The minimum atomic E-state index is 0.230. The van der Waals surface area contributed by atoms with Gasteiger partial charge < -0.3 is 14.5 Å². The van der Waals surface area contributed by atoms with Crippen molar-refractivity contribution in [1.29, 1.82) is 0 Å². The van der Waals surface area contributed by atoms with Crippen molar-refractivity contribution in [1.82, 2.24) is 5.32 Å². The second-order valence-electron chi connectivity index (χ2n) is 5.13. The van der Waals surface area contributed by atoms with Crippen LogP contribution in [0.25, 0.3) is 11.0 Å². The lowest BCUT2D eigenvalue weighted by atomic mass is 10.1. The maximum absolute atomic E-state index is 6.07. The number of para-hydroxylation sites is 1. The Balaban J connectivity index is 2.18. The van der Waals surface area contributed by atoms with Crippen molar-refractivity contribution in [2.45, 2.75) is 39.7 Å². The molecule has 0 bridgehead atoms. The van der Waals surface area contributed by atoms with E-state index in [9.17, 15) is 0 Å². The zero-order chi connectivity index (χ0) is 14.4. The molecule has 0 spiro atoms. The average Bonchev–Trinajstić information content (AvgIpc) is 2.88. The fourth-order valence-corrected chi connectivity index (χ4v) is 2.41.